The van der Waals surface area contributed by atoms with Crippen LogP contribution in [0, 0.1) is 0 Å². The molecule has 0 unspecified atom stereocenters. The third-order valence-corrected chi connectivity index (χ3v) is 6.19. The van der Waals surface area contributed by atoms with E-state index in [1.165, 1.54) is 14.2 Å². The molecule has 0 radical (unpaired) electrons. The molecule has 0 bridgehead atoms. The van der Waals surface area contributed by atoms with E-state index >= 15 is 0 Å². The molecule has 174 valence electrons. The van der Waals surface area contributed by atoms with Crippen molar-refractivity contribution in [3.05, 3.63) is 108 Å². The molecule has 1 aliphatic heterocycles. The second-order valence-corrected chi connectivity index (χ2v) is 8.05. The molecule has 0 amide bonds. The van der Waals surface area contributed by atoms with Crippen molar-refractivity contribution in [3.8, 4) is 0 Å². The summed E-state index contributed by atoms with van der Waals surface area (Å²) in [7, 11) is 2.91. The van der Waals surface area contributed by atoms with Gasteiger partial charge in [0.2, 0.25) is 0 Å². The Bertz CT molecular complexity index is 885. The van der Waals surface area contributed by atoms with Gasteiger partial charge in [0.15, 0.2) is 6.29 Å². The topological polar surface area (TPSA) is 77.4 Å². The summed E-state index contributed by atoms with van der Waals surface area (Å²) in [6.07, 6.45) is -4.69. The van der Waals surface area contributed by atoms with Gasteiger partial charge in [0.1, 0.15) is 30.0 Å². The van der Waals surface area contributed by atoms with E-state index in [1.807, 2.05) is 91.0 Å². The van der Waals surface area contributed by atoms with Gasteiger partial charge >= 0.3 is 0 Å². The van der Waals surface area contributed by atoms with Gasteiger partial charge in [-0.1, -0.05) is 91.0 Å². The van der Waals surface area contributed by atoms with Crippen molar-refractivity contribution in [1.29, 1.82) is 0 Å². The lowest BCUT2D eigenvalue weighted by molar-refractivity contribution is -0.300. The van der Waals surface area contributed by atoms with E-state index in [2.05, 4.69) is 0 Å². The first kappa shape index (κ1) is 23.6. The summed E-state index contributed by atoms with van der Waals surface area (Å²) >= 11 is 0. The minimum atomic E-state index is -1.25. The summed E-state index contributed by atoms with van der Waals surface area (Å²) in [4.78, 5) is 0. The Balaban J connectivity index is 1.75. The minimum Gasteiger partial charge on any atom is -0.387 e. The zero-order chi connectivity index (χ0) is 23.3. The van der Waals surface area contributed by atoms with Crippen molar-refractivity contribution in [2.75, 3.05) is 20.8 Å². The van der Waals surface area contributed by atoms with Gasteiger partial charge in [-0.2, -0.15) is 0 Å². The van der Waals surface area contributed by atoms with Gasteiger partial charge < -0.3 is 29.2 Å². The molecule has 1 heterocycles. The van der Waals surface area contributed by atoms with Crippen molar-refractivity contribution in [2.45, 2.75) is 36.3 Å². The van der Waals surface area contributed by atoms with Crippen LogP contribution in [0.5, 0.6) is 0 Å². The average molecular weight is 451 g/mol. The molecule has 6 nitrogen and oxygen atoms in total. The Kier molecular flexibility index (Phi) is 7.55. The molecular formula is C27H30O6. The van der Waals surface area contributed by atoms with Gasteiger partial charge in [0.25, 0.3) is 0 Å². The molecule has 3 aromatic rings. The van der Waals surface area contributed by atoms with E-state index < -0.39 is 36.3 Å². The standard InChI is InChI=1S/C27H30O6/c1-30-24-23(28)22(33-26(29)25(24)31-2)18-32-27(19-12-6-3-7-13-19,20-14-8-4-9-15-20)21-16-10-5-11-17-21/h3-17,22-26,28-29H,18H2,1-2H3/t22-,23+,24+,25-,26+/m1/s1. The number of rotatable bonds is 8. The number of benzene rings is 3. The van der Waals surface area contributed by atoms with Crippen LogP contribution in [0.4, 0.5) is 0 Å². The van der Waals surface area contributed by atoms with Gasteiger partial charge in [0.05, 0.1) is 6.61 Å². The van der Waals surface area contributed by atoms with E-state index in [0.29, 0.717) is 0 Å². The second-order valence-electron chi connectivity index (χ2n) is 8.05. The first-order valence-electron chi connectivity index (χ1n) is 11.0. The highest BCUT2D eigenvalue weighted by atomic mass is 16.7. The highest BCUT2D eigenvalue weighted by Gasteiger charge is 2.47. The van der Waals surface area contributed by atoms with Crippen molar-refractivity contribution in [3.63, 3.8) is 0 Å². The molecule has 0 aromatic heterocycles. The predicted molar refractivity (Wildman–Crippen MR) is 124 cm³/mol. The zero-order valence-corrected chi connectivity index (χ0v) is 18.8. The van der Waals surface area contributed by atoms with Gasteiger partial charge in [-0.05, 0) is 16.7 Å². The fraction of sp³-hybridized carbons (Fsp3) is 0.333. The highest BCUT2D eigenvalue weighted by molar-refractivity contribution is 5.47. The largest absolute Gasteiger partial charge is 0.387 e. The maximum Gasteiger partial charge on any atom is 0.184 e. The molecule has 0 spiro atoms. The van der Waals surface area contributed by atoms with Crippen LogP contribution < -0.4 is 0 Å². The summed E-state index contributed by atoms with van der Waals surface area (Å²) < 4.78 is 23.1. The molecule has 5 atom stereocenters. The number of aliphatic hydroxyl groups is 2. The Hall–Kier alpha value is -2.58. The smallest absolute Gasteiger partial charge is 0.184 e. The first-order chi connectivity index (χ1) is 16.1. The maximum atomic E-state index is 10.9. The normalized spacial score (nSPS) is 25.6. The second kappa shape index (κ2) is 10.6. The Morgan fingerprint density at radius 3 is 1.52 bits per heavy atom. The van der Waals surface area contributed by atoms with Gasteiger partial charge in [-0.3, -0.25) is 0 Å². The van der Waals surface area contributed by atoms with Crippen LogP contribution in [-0.4, -0.2) is 61.7 Å². The summed E-state index contributed by atoms with van der Waals surface area (Å²) in [6, 6.07) is 29.8. The lowest BCUT2D eigenvalue weighted by Gasteiger charge is -2.43. The molecular weight excluding hydrogens is 420 g/mol. The molecule has 33 heavy (non-hydrogen) atoms. The number of aliphatic hydroxyl groups excluding tert-OH is 2. The Morgan fingerprint density at radius 1 is 0.697 bits per heavy atom. The molecule has 1 aliphatic rings. The van der Waals surface area contributed by atoms with Crippen LogP contribution in [0.1, 0.15) is 16.7 Å². The van der Waals surface area contributed by atoms with Gasteiger partial charge in [-0.15, -0.1) is 0 Å². The van der Waals surface area contributed by atoms with E-state index in [9.17, 15) is 10.2 Å². The van der Waals surface area contributed by atoms with E-state index in [-0.39, 0.29) is 6.61 Å². The molecule has 0 saturated carbocycles. The van der Waals surface area contributed by atoms with Crippen LogP contribution in [0.15, 0.2) is 91.0 Å². The third kappa shape index (κ3) is 4.59. The van der Waals surface area contributed by atoms with E-state index in [0.717, 1.165) is 16.7 Å². The van der Waals surface area contributed by atoms with Crippen molar-refractivity contribution >= 4 is 0 Å². The fourth-order valence-corrected chi connectivity index (χ4v) is 4.54. The van der Waals surface area contributed by atoms with Crippen LogP contribution in [0.3, 0.4) is 0 Å². The fourth-order valence-electron chi connectivity index (χ4n) is 4.54. The molecule has 6 heteroatoms. The third-order valence-electron chi connectivity index (χ3n) is 6.19. The number of ether oxygens (including phenoxy) is 4. The zero-order valence-electron chi connectivity index (χ0n) is 18.8. The number of hydrogen-bond acceptors (Lipinski definition) is 6. The maximum absolute atomic E-state index is 10.9. The number of methoxy groups -OCH3 is 2. The van der Waals surface area contributed by atoms with Crippen LogP contribution >= 0.6 is 0 Å². The number of hydrogen-bond donors (Lipinski definition) is 2. The quantitative estimate of drug-likeness (QED) is 0.514. The van der Waals surface area contributed by atoms with Crippen LogP contribution in [-0.2, 0) is 24.5 Å². The molecule has 1 saturated heterocycles. The van der Waals surface area contributed by atoms with Crippen molar-refractivity contribution in [2.24, 2.45) is 0 Å². The van der Waals surface area contributed by atoms with Gasteiger partial charge in [0, 0.05) is 14.2 Å². The molecule has 3 aromatic carbocycles. The van der Waals surface area contributed by atoms with E-state index in [4.69, 9.17) is 18.9 Å². The molecule has 1 fully saturated rings. The van der Waals surface area contributed by atoms with Crippen molar-refractivity contribution in [1.82, 2.24) is 0 Å². The van der Waals surface area contributed by atoms with E-state index in [1.54, 1.807) is 0 Å². The summed E-state index contributed by atoms with van der Waals surface area (Å²) in [6.45, 7) is 0.00715. The lowest BCUT2D eigenvalue weighted by atomic mass is 9.80. The van der Waals surface area contributed by atoms with Crippen molar-refractivity contribution < 1.29 is 29.2 Å². The SMILES string of the molecule is CO[C@@H]1[C@@H](OC)[C@@H](O)[C@@H](COC(c2ccccc2)(c2ccccc2)c2ccccc2)O[C@@H]1O. The molecule has 2 N–H and O–H groups in total. The average Bonchev–Trinajstić information content (AvgIpc) is 2.88. The monoisotopic (exact) mass is 450 g/mol. The minimum absolute atomic E-state index is 0.00715. The van der Waals surface area contributed by atoms with Crippen LogP contribution in [0.2, 0.25) is 0 Å². The van der Waals surface area contributed by atoms with Gasteiger partial charge in [-0.25, -0.2) is 0 Å². The highest BCUT2D eigenvalue weighted by Crippen LogP contribution is 2.41. The van der Waals surface area contributed by atoms with Crippen LogP contribution in [0.25, 0.3) is 0 Å². The lowest BCUT2D eigenvalue weighted by Crippen LogP contribution is -2.60. The summed E-state index contributed by atoms with van der Waals surface area (Å²) in [5.74, 6) is 0. The molecule has 0 aliphatic carbocycles. The summed E-state index contributed by atoms with van der Waals surface area (Å²) in [5, 5.41) is 21.4. The summed E-state index contributed by atoms with van der Waals surface area (Å²) in [5.41, 5.74) is 1.85. The molecule has 4 rings (SSSR count). The Morgan fingerprint density at radius 2 is 1.12 bits per heavy atom. The first-order valence-corrected chi connectivity index (χ1v) is 11.0. The Labute approximate surface area is 194 Å². The predicted octanol–water partition coefficient (Wildman–Crippen LogP) is 3.10.